The Kier molecular flexibility index (Phi) is 6.37. The van der Waals surface area contributed by atoms with Gasteiger partial charge in [0.05, 0.1) is 15.7 Å². The molecule has 1 aliphatic rings. The predicted molar refractivity (Wildman–Crippen MR) is 123 cm³/mol. The van der Waals surface area contributed by atoms with Crippen molar-refractivity contribution in [2.45, 2.75) is 15.6 Å². The number of hydrogen-bond acceptors (Lipinski definition) is 5. The van der Waals surface area contributed by atoms with Gasteiger partial charge in [0.15, 0.2) is 0 Å². The lowest BCUT2D eigenvalue weighted by Crippen LogP contribution is -2.27. The monoisotopic (exact) mass is 477 g/mol. The summed E-state index contributed by atoms with van der Waals surface area (Å²) in [6.07, 6.45) is 1.78. The molecule has 2 heterocycles. The lowest BCUT2D eigenvalue weighted by atomic mass is 10.2. The first kappa shape index (κ1) is 20.6. The van der Waals surface area contributed by atoms with Crippen LogP contribution in [0.15, 0.2) is 74.7 Å². The largest absolute Gasteiger partial charge is 0.293 e. The minimum absolute atomic E-state index is 0.237. The second-order valence-corrected chi connectivity index (χ2v) is 10.5. The van der Waals surface area contributed by atoms with Crippen LogP contribution >= 0.6 is 58.1 Å². The number of carbonyl (C=O) groups is 2. The number of rotatable bonds is 5. The molecule has 1 saturated heterocycles. The third-order valence-electron chi connectivity index (χ3n) is 4.04. The van der Waals surface area contributed by atoms with Crippen molar-refractivity contribution in [2.24, 2.45) is 0 Å². The van der Waals surface area contributed by atoms with Gasteiger partial charge in [-0.2, -0.15) is 0 Å². The lowest BCUT2D eigenvalue weighted by Gasteiger charge is -2.12. The van der Waals surface area contributed by atoms with Crippen molar-refractivity contribution >= 4 is 75.3 Å². The number of hydrogen-bond donors (Lipinski definition) is 0. The summed E-state index contributed by atoms with van der Waals surface area (Å²) in [6, 6.07) is 18.7. The highest BCUT2D eigenvalue weighted by molar-refractivity contribution is 8.18. The van der Waals surface area contributed by atoms with Gasteiger partial charge in [-0.3, -0.25) is 14.5 Å². The molecule has 2 amide bonds. The molecular formula is C21H13Cl2NO2S3. The fraction of sp³-hybridized carbons (Fsp3) is 0.0476. The van der Waals surface area contributed by atoms with Gasteiger partial charge >= 0.3 is 0 Å². The lowest BCUT2D eigenvalue weighted by molar-refractivity contribution is -0.123. The maximum Gasteiger partial charge on any atom is 0.293 e. The molecule has 146 valence electrons. The predicted octanol–water partition coefficient (Wildman–Crippen LogP) is 7.44. The molecule has 3 nitrogen and oxygen atoms in total. The van der Waals surface area contributed by atoms with Gasteiger partial charge < -0.3 is 0 Å². The van der Waals surface area contributed by atoms with E-state index < -0.39 is 0 Å². The Balaban J connectivity index is 1.46. The van der Waals surface area contributed by atoms with Gasteiger partial charge in [-0.1, -0.05) is 47.1 Å². The molecule has 29 heavy (non-hydrogen) atoms. The van der Waals surface area contributed by atoms with Gasteiger partial charge in [0.25, 0.3) is 11.1 Å². The number of nitrogens with zero attached hydrogens (tertiary/aromatic N) is 1. The van der Waals surface area contributed by atoms with E-state index >= 15 is 0 Å². The van der Waals surface area contributed by atoms with E-state index in [2.05, 4.69) is 0 Å². The summed E-state index contributed by atoms with van der Waals surface area (Å²) in [5, 5.41) is 1.06. The van der Waals surface area contributed by atoms with Crippen molar-refractivity contribution in [1.82, 2.24) is 4.90 Å². The summed E-state index contributed by atoms with van der Waals surface area (Å²) in [4.78, 5) is 28.7. The minimum Gasteiger partial charge on any atom is -0.268 e. The first-order valence-electron chi connectivity index (χ1n) is 8.51. The van der Waals surface area contributed by atoms with Crippen molar-refractivity contribution in [2.75, 3.05) is 0 Å². The summed E-state index contributed by atoms with van der Waals surface area (Å²) < 4.78 is 1.10. The average molecular weight is 478 g/mol. The Morgan fingerprint density at radius 2 is 1.55 bits per heavy atom. The number of benzene rings is 2. The van der Waals surface area contributed by atoms with E-state index in [0.717, 1.165) is 31.3 Å². The van der Waals surface area contributed by atoms with Crippen molar-refractivity contribution in [3.05, 3.63) is 86.1 Å². The zero-order valence-corrected chi connectivity index (χ0v) is 18.8. The van der Waals surface area contributed by atoms with Crippen molar-refractivity contribution in [3.8, 4) is 0 Å². The molecule has 0 spiro atoms. The molecule has 1 aliphatic heterocycles. The fourth-order valence-electron chi connectivity index (χ4n) is 2.62. The fourth-order valence-corrected chi connectivity index (χ4v) is 5.85. The zero-order valence-electron chi connectivity index (χ0n) is 14.8. The quantitative estimate of drug-likeness (QED) is 0.357. The van der Waals surface area contributed by atoms with Crippen LogP contribution in [0, 0.1) is 0 Å². The van der Waals surface area contributed by atoms with Crippen LogP contribution in [0.5, 0.6) is 0 Å². The van der Waals surface area contributed by atoms with Gasteiger partial charge in [0.1, 0.15) is 0 Å². The number of thiophene rings is 1. The normalized spacial score (nSPS) is 15.5. The maximum absolute atomic E-state index is 12.7. The molecule has 1 fully saturated rings. The average Bonchev–Trinajstić information content (AvgIpc) is 3.25. The number of amides is 2. The third kappa shape index (κ3) is 5.08. The summed E-state index contributed by atoms with van der Waals surface area (Å²) in [7, 11) is 0. The second kappa shape index (κ2) is 8.98. The van der Waals surface area contributed by atoms with Gasteiger partial charge in [0, 0.05) is 19.8 Å². The van der Waals surface area contributed by atoms with Gasteiger partial charge in [-0.25, -0.2) is 0 Å². The van der Waals surface area contributed by atoms with Crippen LogP contribution < -0.4 is 0 Å². The molecular weight excluding hydrogens is 465 g/mol. The first-order valence-corrected chi connectivity index (χ1v) is 11.7. The highest BCUT2D eigenvalue weighted by Gasteiger charge is 2.35. The number of thioether (sulfide) groups is 1. The zero-order chi connectivity index (χ0) is 20.4. The molecule has 0 bridgehead atoms. The molecule has 0 unspecified atom stereocenters. The number of carbonyl (C=O) groups excluding carboxylic acids is 2. The van der Waals surface area contributed by atoms with Crippen molar-refractivity contribution in [1.29, 1.82) is 0 Å². The molecule has 8 heteroatoms. The van der Waals surface area contributed by atoms with E-state index in [1.54, 1.807) is 41.3 Å². The summed E-state index contributed by atoms with van der Waals surface area (Å²) >= 11 is 16.0. The molecule has 1 aromatic heterocycles. The van der Waals surface area contributed by atoms with Gasteiger partial charge in [0.2, 0.25) is 0 Å². The molecule has 0 atom stereocenters. The Morgan fingerprint density at radius 3 is 2.24 bits per heavy atom. The van der Waals surface area contributed by atoms with Crippen molar-refractivity contribution in [3.63, 3.8) is 0 Å². The highest BCUT2D eigenvalue weighted by Crippen LogP contribution is 2.38. The molecule has 4 rings (SSSR count). The number of halogens is 2. The van der Waals surface area contributed by atoms with E-state index in [1.807, 2.05) is 48.5 Å². The van der Waals surface area contributed by atoms with Crippen LogP contribution in [0.4, 0.5) is 4.79 Å². The summed E-state index contributed by atoms with van der Waals surface area (Å²) in [5.74, 6) is -0.268. The standard InChI is InChI=1S/C21H13Cl2NO2S3/c22-14-3-1-13(2-4-14)12-24-20(25)18(29-21(24)26)11-17-9-10-19(28-17)27-16-7-5-15(23)6-8-16/h1-11H,12H2/b18-11-. The Morgan fingerprint density at radius 1 is 0.897 bits per heavy atom. The minimum atomic E-state index is -0.268. The Hall–Kier alpha value is -1.70. The highest BCUT2D eigenvalue weighted by atomic mass is 35.5. The van der Waals surface area contributed by atoms with E-state index in [4.69, 9.17) is 23.2 Å². The Bertz CT molecular complexity index is 1090. The van der Waals surface area contributed by atoms with E-state index in [1.165, 1.54) is 4.90 Å². The van der Waals surface area contributed by atoms with E-state index in [0.29, 0.717) is 15.0 Å². The Labute approximate surface area is 190 Å². The van der Waals surface area contributed by atoms with Gasteiger partial charge in [-0.15, -0.1) is 11.3 Å². The van der Waals surface area contributed by atoms with Crippen LogP contribution in [-0.4, -0.2) is 16.0 Å². The summed E-state index contributed by atoms with van der Waals surface area (Å²) in [5.41, 5.74) is 0.857. The SMILES string of the molecule is O=C1S/C(=C\c2ccc(Sc3ccc(Cl)cc3)s2)C(=O)N1Cc1ccc(Cl)cc1. The topological polar surface area (TPSA) is 37.4 Å². The maximum atomic E-state index is 12.7. The van der Waals surface area contributed by atoms with Crippen LogP contribution in [-0.2, 0) is 11.3 Å². The van der Waals surface area contributed by atoms with E-state index in [9.17, 15) is 9.59 Å². The van der Waals surface area contributed by atoms with Crippen LogP contribution in [0.25, 0.3) is 6.08 Å². The molecule has 2 aromatic carbocycles. The third-order valence-corrected chi connectivity index (χ3v) is 7.62. The molecule has 0 saturated carbocycles. The molecule has 0 aliphatic carbocycles. The number of imide groups is 1. The molecule has 0 radical (unpaired) electrons. The van der Waals surface area contributed by atoms with Crippen LogP contribution in [0.3, 0.4) is 0 Å². The second-order valence-electron chi connectivity index (χ2n) is 6.11. The first-order chi connectivity index (χ1) is 14.0. The summed E-state index contributed by atoms with van der Waals surface area (Å²) in [6.45, 7) is 0.237. The van der Waals surface area contributed by atoms with Gasteiger partial charge in [-0.05, 0) is 71.9 Å². The molecule has 3 aromatic rings. The van der Waals surface area contributed by atoms with Crippen molar-refractivity contribution < 1.29 is 9.59 Å². The van der Waals surface area contributed by atoms with Crippen LogP contribution in [0.1, 0.15) is 10.4 Å². The smallest absolute Gasteiger partial charge is 0.268 e. The molecule has 0 N–H and O–H groups in total. The van der Waals surface area contributed by atoms with Crippen LogP contribution in [0.2, 0.25) is 10.0 Å². The van der Waals surface area contributed by atoms with E-state index in [-0.39, 0.29) is 17.7 Å².